The maximum Gasteiger partial charge on any atom is 0.295 e. The average molecular weight is 753 g/mol. The third-order valence-corrected chi connectivity index (χ3v) is 8.94. The first-order valence-corrected chi connectivity index (χ1v) is 18.3. The minimum atomic E-state index is -4.74. The first kappa shape index (κ1) is 36.1. The normalized spacial score (nSPS) is 11.3. The van der Waals surface area contributed by atoms with Crippen molar-refractivity contribution < 1.29 is 21.4 Å². The van der Waals surface area contributed by atoms with Crippen LogP contribution in [-0.2, 0) is 20.8 Å². The Bertz CT molecular complexity index is 2460. The second-order valence-corrected chi connectivity index (χ2v) is 13.3. The lowest BCUT2D eigenvalue weighted by Gasteiger charge is -2.12. The van der Waals surface area contributed by atoms with Gasteiger partial charge >= 0.3 is 0 Å². The number of nitrogens with one attached hydrogen (secondary N) is 6. The van der Waals surface area contributed by atoms with Crippen molar-refractivity contribution in [3.8, 4) is 0 Å². The summed E-state index contributed by atoms with van der Waals surface area (Å²) >= 11 is 0. The molecule has 270 valence electrons. The maximum absolute atomic E-state index is 12.5. The Labute approximate surface area is 305 Å². The molecule has 0 bridgehead atoms. The summed E-state index contributed by atoms with van der Waals surface area (Å²) in [5, 5.41) is 17.8. The predicted molar refractivity (Wildman–Crippen MR) is 205 cm³/mol. The van der Waals surface area contributed by atoms with Gasteiger partial charge in [0.1, 0.15) is 4.90 Å². The monoisotopic (exact) mass is 752 g/mol. The fraction of sp³-hybridized carbons (Fsp3) is 0.0588. The molecular weight excluding hydrogens is 721 g/mol. The number of aromatic nitrogens is 6. The fourth-order valence-corrected chi connectivity index (χ4v) is 6.15. The molecule has 0 atom stereocenters. The Balaban J connectivity index is 1.24. The zero-order valence-corrected chi connectivity index (χ0v) is 29.7. The number of para-hydroxylation sites is 2. The van der Waals surface area contributed by atoms with Gasteiger partial charge in [-0.3, -0.25) is 4.55 Å². The molecule has 0 saturated carbocycles. The predicted octanol–water partition coefficient (Wildman–Crippen LogP) is 5.50. The molecule has 17 nitrogen and oxygen atoms in total. The van der Waals surface area contributed by atoms with Gasteiger partial charge in [0.2, 0.25) is 35.7 Å². The highest BCUT2D eigenvalue weighted by atomic mass is 32.2. The summed E-state index contributed by atoms with van der Waals surface area (Å²) < 4.78 is 59.8. The number of anilines is 10. The number of hydrogen-bond acceptors (Lipinski definition) is 16. The van der Waals surface area contributed by atoms with Gasteiger partial charge in [-0.1, -0.05) is 60.7 Å². The van der Waals surface area contributed by atoms with Crippen LogP contribution in [0.1, 0.15) is 11.1 Å². The molecule has 0 aliphatic rings. The van der Waals surface area contributed by atoms with Crippen molar-refractivity contribution in [2.75, 3.05) is 46.0 Å². The van der Waals surface area contributed by atoms with Crippen molar-refractivity contribution in [1.29, 1.82) is 0 Å². The molecule has 0 saturated heterocycles. The van der Waals surface area contributed by atoms with Gasteiger partial charge in [-0.05, 0) is 59.7 Å². The van der Waals surface area contributed by atoms with Gasteiger partial charge in [-0.15, -0.1) is 0 Å². The summed E-state index contributed by atoms with van der Waals surface area (Å²) in [5.74, 6) is 1.23. The van der Waals surface area contributed by atoms with Crippen LogP contribution < -0.4 is 31.9 Å². The summed E-state index contributed by atoms with van der Waals surface area (Å²) in [6.45, 7) is 0. The molecule has 0 fully saturated rings. The van der Waals surface area contributed by atoms with Gasteiger partial charge < -0.3 is 31.9 Å². The zero-order chi connectivity index (χ0) is 37.4. The number of nitrogens with zero attached hydrogens (tertiary/aromatic N) is 6. The third-order valence-electron chi connectivity index (χ3n) is 7.25. The first-order valence-electron chi connectivity index (χ1n) is 15.7. The van der Waals surface area contributed by atoms with Crippen LogP contribution in [0.4, 0.5) is 58.4 Å². The van der Waals surface area contributed by atoms with Crippen molar-refractivity contribution in [2.45, 2.75) is 9.79 Å². The second kappa shape index (κ2) is 16.1. The molecule has 53 heavy (non-hydrogen) atoms. The van der Waals surface area contributed by atoms with E-state index in [2.05, 4.69) is 61.8 Å². The molecule has 2 aromatic heterocycles. The largest absolute Gasteiger partial charge is 0.357 e. The van der Waals surface area contributed by atoms with Crippen molar-refractivity contribution in [2.24, 2.45) is 0 Å². The van der Waals surface area contributed by atoms with E-state index in [1.54, 1.807) is 26.2 Å². The summed E-state index contributed by atoms with van der Waals surface area (Å²) in [7, 11) is -4.55. The van der Waals surface area contributed by atoms with Crippen molar-refractivity contribution in [3.63, 3.8) is 0 Å². The average Bonchev–Trinajstić information content (AvgIpc) is 3.14. The maximum atomic E-state index is 12.5. The van der Waals surface area contributed by atoms with Crippen molar-refractivity contribution >= 4 is 91.4 Å². The quantitative estimate of drug-likeness (QED) is 0.0389. The van der Waals surface area contributed by atoms with Crippen LogP contribution in [0.3, 0.4) is 0 Å². The Morgan fingerprint density at radius 3 is 1.36 bits per heavy atom. The molecule has 6 rings (SSSR count). The first-order chi connectivity index (χ1) is 25.6. The molecular formula is C34H32N12O5S2. The lowest BCUT2D eigenvalue weighted by molar-refractivity contribution is 0.483. The van der Waals surface area contributed by atoms with Gasteiger partial charge in [-0.2, -0.15) is 38.3 Å². The molecule has 2 heterocycles. The Kier molecular flexibility index (Phi) is 11.0. The number of thiol groups is 1. The van der Waals surface area contributed by atoms with Crippen LogP contribution in [0.15, 0.2) is 107 Å². The fourth-order valence-electron chi connectivity index (χ4n) is 4.83. The highest BCUT2D eigenvalue weighted by Crippen LogP contribution is 2.28. The van der Waals surface area contributed by atoms with Crippen LogP contribution in [0.2, 0.25) is 0 Å². The number of benzene rings is 4. The van der Waals surface area contributed by atoms with E-state index < -0.39 is 25.7 Å². The van der Waals surface area contributed by atoms with Gasteiger partial charge in [0.15, 0.2) is 10.7 Å². The minimum absolute atomic E-state index is 0.0615. The Morgan fingerprint density at radius 1 is 0.528 bits per heavy atom. The van der Waals surface area contributed by atoms with E-state index in [1.807, 2.05) is 60.7 Å². The van der Waals surface area contributed by atoms with Crippen LogP contribution in [0.5, 0.6) is 0 Å². The molecule has 4 aromatic carbocycles. The van der Waals surface area contributed by atoms with E-state index in [9.17, 15) is 21.4 Å². The Hall–Kier alpha value is -6.70. The third kappa shape index (κ3) is 9.55. The van der Waals surface area contributed by atoms with Crippen LogP contribution in [0, 0.1) is 0 Å². The van der Waals surface area contributed by atoms with Crippen molar-refractivity contribution in [3.05, 3.63) is 108 Å². The van der Waals surface area contributed by atoms with E-state index in [0.29, 0.717) is 5.69 Å². The lowest BCUT2D eigenvalue weighted by Crippen LogP contribution is -2.08. The van der Waals surface area contributed by atoms with Gasteiger partial charge in [0.05, 0.1) is 4.90 Å². The van der Waals surface area contributed by atoms with Crippen molar-refractivity contribution in [1.82, 2.24) is 29.9 Å². The van der Waals surface area contributed by atoms with E-state index in [4.69, 9.17) is 0 Å². The number of hydrogen-bond donors (Lipinski definition) is 8. The van der Waals surface area contributed by atoms with E-state index in [-0.39, 0.29) is 57.4 Å². The topological polar surface area (TPSA) is 238 Å². The molecule has 0 spiro atoms. The molecule has 6 aromatic rings. The molecule has 0 aliphatic carbocycles. The summed E-state index contributed by atoms with van der Waals surface area (Å²) in [5.41, 5.74) is 2.46. The van der Waals surface area contributed by atoms with Gasteiger partial charge in [-0.25, -0.2) is 8.42 Å². The summed E-state index contributed by atoms with van der Waals surface area (Å²) in [4.78, 5) is 25.4. The molecule has 0 radical (unpaired) electrons. The van der Waals surface area contributed by atoms with Crippen LogP contribution in [-0.4, -0.2) is 65.4 Å². The van der Waals surface area contributed by atoms with Crippen LogP contribution in [0.25, 0.3) is 12.2 Å². The second-order valence-electron chi connectivity index (χ2n) is 10.9. The molecule has 19 heteroatoms. The smallest absolute Gasteiger partial charge is 0.295 e. The summed E-state index contributed by atoms with van der Waals surface area (Å²) in [6.07, 6.45) is 2.81. The van der Waals surface area contributed by atoms with Crippen LogP contribution >= 0.6 is 0 Å². The van der Waals surface area contributed by atoms with Gasteiger partial charge in [0.25, 0.3) is 10.1 Å². The van der Waals surface area contributed by atoms with E-state index in [0.717, 1.165) is 11.4 Å². The molecule has 0 unspecified atom stereocenters. The highest BCUT2D eigenvalue weighted by molar-refractivity contribution is 7.86. The molecule has 0 amide bonds. The molecule has 7 N–H and O–H groups in total. The summed E-state index contributed by atoms with van der Waals surface area (Å²) in [6, 6.07) is 27.3. The molecule has 0 aliphatic heterocycles. The van der Waals surface area contributed by atoms with Gasteiger partial charge in [0, 0.05) is 36.8 Å². The number of rotatable bonds is 14. The minimum Gasteiger partial charge on any atom is -0.357 e. The highest BCUT2D eigenvalue weighted by Gasteiger charge is 2.17. The zero-order valence-electron chi connectivity index (χ0n) is 28.0. The Morgan fingerprint density at radius 2 is 0.925 bits per heavy atom. The SMILES string of the molecule is CNc1nc(Nc2ccccc2)nc(Nc2ccc(/C=C/c3ccc(Nc4nc(NC)nc(Nc5ccccc5)n4)cc3S(=O)(=O)O)c([SH](=O)=O)c2)n1. The standard InChI is InChI=1S/C34H32N12O5S2/c1-35-29-41-31(37-23-9-5-3-6-10-23)45-33(43-29)39-25-17-15-21(27(19-25)52(47)48)13-14-22-16-18-26(20-28(22)53(49,50)51)40-34-44-30(36-2)42-32(46-34)38-24-11-7-4-8-12-24/h3-20,52H,1-2H3,(H,49,50,51)(H3,35,37,39,41,43,45)(H3,36,38,40,42,44,46)/b14-13+. The van der Waals surface area contributed by atoms with E-state index >= 15 is 0 Å². The van der Waals surface area contributed by atoms with E-state index in [1.165, 1.54) is 36.4 Å². The lowest BCUT2D eigenvalue weighted by atomic mass is 10.1.